The van der Waals surface area contributed by atoms with E-state index < -0.39 is 42.4 Å². The highest BCUT2D eigenvalue weighted by Crippen LogP contribution is 2.06. The van der Waals surface area contributed by atoms with Crippen molar-refractivity contribution in [3.63, 3.8) is 0 Å². The number of hydrogen-bond acceptors (Lipinski definition) is 7. The van der Waals surface area contributed by atoms with E-state index in [9.17, 15) is 19.2 Å². The molecule has 154 valence electrons. The van der Waals surface area contributed by atoms with E-state index >= 15 is 0 Å². The first-order valence-electron chi connectivity index (χ1n) is 8.70. The van der Waals surface area contributed by atoms with Crippen LogP contribution in [0.1, 0.15) is 25.8 Å². The molecular weight excluding hydrogens is 368 g/mol. The fourth-order valence-corrected chi connectivity index (χ4v) is 2.27. The number of benzene rings is 1. The third-order valence-corrected chi connectivity index (χ3v) is 3.84. The number of methoxy groups -OCH3 is 2. The Bertz CT molecular complexity index is 676. The van der Waals surface area contributed by atoms with Crippen LogP contribution in [0.25, 0.3) is 0 Å². The lowest BCUT2D eigenvalue weighted by atomic mass is 10.0. The number of amides is 2. The molecular formula is C19H26N2O7. The number of hydrogen-bond donors (Lipinski definition) is 2. The highest BCUT2D eigenvalue weighted by molar-refractivity contribution is 5.91. The molecule has 28 heavy (non-hydrogen) atoms. The topological polar surface area (TPSA) is 120 Å². The minimum atomic E-state index is -1.23. The number of carbonyl (C=O) groups excluding carboxylic acids is 4. The van der Waals surface area contributed by atoms with E-state index in [0.717, 1.165) is 12.7 Å². The van der Waals surface area contributed by atoms with E-state index in [1.165, 1.54) is 7.11 Å². The number of carbonyl (C=O) groups is 4. The molecule has 1 aromatic carbocycles. The van der Waals surface area contributed by atoms with Crippen LogP contribution in [0.15, 0.2) is 30.3 Å². The van der Waals surface area contributed by atoms with E-state index in [4.69, 9.17) is 4.74 Å². The van der Waals surface area contributed by atoms with Crippen molar-refractivity contribution >= 4 is 23.9 Å². The number of esters is 2. The minimum Gasteiger partial charge on any atom is -0.469 e. The first-order valence-corrected chi connectivity index (χ1v) is 8.70. The van der Waals surface area contributed by atoms with Gasteiger partial charge >= 0.3 is 18.0 Å². The van der Waals surface area contributed by atoms with Gasteiger partial charge in [0.05, 0.1) is 20.6 Å². The Morgan fingerprint density at radius 2 is 1.61 bits per heavy atom. The Kier molecular flexibility index (Phi) is 9.49. The smallest absolute Gasteiger partial charge is 0.408 e. The summed E-state index contributed by atoms with van der Waals surface area (Å²) in [5.74, 6) is -2.44. The van der Waals surface area contributed by atoms with Crippen molar-refractivity contribution in [1.29, 1.82) is 0 Å². The van der Waals surface area contributed by atoms with Crippen molar-refractivity contribution < 1.29 is 33.4 Å². The summed E-state index contributed by atoms with van der Waals surface area (Å²) in [6.45, 7) is 3.48. The van der Waals surface area contributed by atoms with Crippen LogP contribution >= 0.6 is 0 Å². The number of rotatable bonds is 9. The Hall–Kier alpha value is -3.10. The van der Waals surface area contributed by atoms with Gasteiger partial charge in [-0.2, -0.15) is 0 Å². The van der Waals surface area contributed by atoms with E-state index in [2.05, 4.69) is 20.1 Å². The SMILES string of the molecule is COC(=O)C[C@H](NC(=O)[C@@H](NC(=O)OCc1ccccc1)C(C)C)C(=O)OC. The maximum atomic E-state index is 12.6. The first-order chi connectivity index (χ1) is 13.3. The molecule has 9 heteroatoms. The summed E-state index contributed by atoms with van der Waals surface area (Å²) in [4.78, 5) is 47.9. The molecule has 0 aliphatic carbocycles. The summed E-state index contributed by atoms with van der Waals surface area (Å²) in [6.07, 6.45) is -1.17. The maximum absolute atomic E-state index is 12.6. The molecule has 0 aromatic heterocycles. The average Bonchev–Trinajstić information content (AvgIpc) is 2.69. The third-order valence-electron chi connectivity index (χ3n) is 3.84. The Morgan fingerprint density at radius 3 is 2.14 bits per heavy atom. The highest BCUT2D eigenvalue weighted by Gasteiger charge is 2.31. The van der Waals surface area contributed by atoms with E-state index in [-0.39, 0.29) is 12.5 Å². The molecule has 2 amide bonds. The van der Waals surface area contributed by atoms with Crippen LogP contribution < -0.4 is 10.6 Å². The van der Waals surface area contributed by atoms with Crippen molar-refractivity contribution in [3.8, 4) is 0 Å². The van der Waals surface area contributed by atoms with Crippen molar-refractivity contribution in [1.82, 2.24) is 10.6 Å². The lowest BCUT2D eigenvalue weighted by Gasteiger charge is -2.24. The molecule has 0 spiro atoms. The van der Waals surface area contributed by atoms with Crippen LogP contribution in [0.3, 0.4) is 0 Å². The van der Waals surface area contributed by atoms with Gasteiger partial charge in [0.25, 0.3) is 0 Å². The second-order valence-electron chi connectivity index (χ2n) is 6.29. The van der Waals surface area contributed by atoms with Gasteiger partial charge < -0.3 is 24.8 Å². The summed E-state index contributed by atoms with van der Waals surface area (Å²) in [7, 11) is 2.30. The summed E-state index contributed by atoms with van der Waals surface area (Å²) in [6, 6.07) is 6.86. The molecule has 0 saturated carbocycles. The molecule has 0 radical (unpaired) electrons. The Labute approximate surface area is 163 Å². The normalized spacial score (nSPS) is 12.5. The molecule has 1 aromatic rings. The molecule has 0 heterocycles. The fraction of sp³-hybridized carbons (Fsp3) is 0.474. The molecule has 9 nitrogen and oxygen atoms in total. The molecule has 0 unspecified atom stereocenters. The van der Waals surface area contributed by atoms with Gasteiger partial charge in [-0.15, -0.1) is 0 Å². The summed E-state index contributed by atoms with van der Waals surface area (Å²) < 4.78 is 14.2. The third kappa shape index (κ3) is 7.65. The average molecular weight is 394 g/mol. The van der Waals surface area contributed by atoms with Gasteiger partial charge in [-0.3, -0.25) is 9.59 Å². The van der Waals surface area contributed by atoms with Gasteiger partial charge in [0.2, 0.25) is 5.91 Å². The monoisotopic (exact) mass is 394 g/mol. The lowest BCUT2D eigenvalue weighted by molar-refractivity contribution is -0.151. The molecule has 0 aliphatic heterocycles. The molecule has 0 bridgehead atoms. The molecule has 0 saturated heterocycles. The zero-order valence-corrected chi connectivity index (χ0v) is 16.4. The number of alkyl carbamates (subject to hydrolysis) is 1. The van der Waals surface area contributed by atoms with Gasteiger partial charge in [-0.25, -0.2) is 9.59 Å². The molecule has 0 fully saturated rings. The summed E-state index contributed by atoms with van der Waals surface area (Å²) >= 11 is 0. The fourth-order valence-electron chi connectivity index (χ4n) is 2.27. The maximum Gasteiger partial charge on any atom is 0.408 e. The van der Waals surface area contributed by atoms with Crippen molar-refractivity contribution in [3.05, 3.63) is 35.9 Å². The van der Waals surface area contributed by atoms with Crippen LogP contribution in [-0.2, 0) is 35.2 Å². The summed E-state index contributed by atoms with van der Waals surface area (Å²) in [5, 5.41) is 4.88. The van der Waals surface area contributed by atoms with Crippen molar-refractivity contribution in [2.75, 3.05) is 14.2 Å². The van der Waals surface area contributed by atoms with Crippen molar-refractivity contribution in [2.24, 2.45) is 5.92 Å². The second-order valence-corrected chi connectivity index (χ2v) is 6.29. The Morgan fingerprint density at radius 1 is 0.964 bits per heavy atom. The van der Waals surface area contributed by atoms with E-state index in [1.807, 2.05) is 18.2 Å². The van der Waals surface area contributed by atoms with Gasteiger partial charge in [-0.05, 0) is 11.5 Å². The van der Waals surface area contributed by atoms with Gasteiger partial charge in [0, 0.05) is 0 Å². The Balaban J connectivity index is 2.71. The van der Waals surface area contributed by atoms with Gasteiger partial charge in [0.15, 0.2) is 0 Å². The van der Waals surface area contributed by atoms with Crippen molar-refractivity contribution in [2.45, 2.75) is 39.0 Å². The predicted molar refractivity (Wildman–Crippen MR) is 99.0 cm³/mol. The largest absolute Gasteiger partial charge is 0.469 e. The van der Waals surface area contributed by atoms with Crippen LogP contribution in [0.4, 0.5) is 4.79 Å². The van der Waals surface area contributed by atoms with E-state index in [1.54, 1.807) is 26.0 Å². The quantitative estimate of drug-likeness (QED) is 0.476. The standard InChI is InChI=1S/C19H26N2O7/c1-12(2)16(21-19(25)28-11-13-8-6-5-7-9-13)17(23)20-14(18(24)27-4)10-15(22)26-3/h5-9,12,14,16H,10-11H2,1-4H3,(H,20,23)(H,21,25)/t14-,16-/m0/s1. The molecule has 2 N–H and O–H groups in total. The number of nitrogens with one attached hydrogen (secondary N) is 2. The lowest BCUT2D eigenvalue weighted by Crippen LogP contribution is -2.54. The summed E-state index contributed by atoms with van der Waals surface area (Å²) in [5.41, 5.74) is 0.798. The van der Waals surface area contributed by atoms with Crippen LogP contribution in [0, 0.1) is 5.92 Å². The zero-order valence-electron chi connectivity index (χ0n) is 16.4. The second kappa shape index (κ2) is 11.6. The molecule has 1 rings (SSSR count). The minimum absolute atomic E-state index is 0.0479. The van der Waals surface area contributed by atoms with Crippen LogP contribution in [0.2, 0.25) is 0 Å². The number of ether oxygens (including phenoxy) is 3. The first kappa shape index (κ1) is 22.9. The van der Waals surface area contributed by atoms with Crippen LogP contribution in [0.5, 0.6) is 0 Å². The molecule has 2 atom stereocenters. The molecule has 0 aliphatic rings. The zero-order chi connectivity index (χ0) is 21.1. The predicted octanol–water partition coefficient (Wildman–Crippen LogP) is 1.16. The highest BCUT2D eigenvalue weighted by atomic mass is 16.5. The van der Waals surface area contributed by atoms with Gasteiger partial charge in [-0.1, -0.05) is 44.2 Å². The van der Waals surface area contributed by atoms with Gasteiger partial charge in [0.1, 0.15) is 18.7 Å². The van der Waals surface area contributed by atoms with Crippen LogP contribution in [-0.4, -0.2) is 50.2 Å². The van der Waals surface area contributed by atoms with E-state index in [0.29, 0.717) is 0 Å².